The average molecular weight is 284 g/mol. The molecule has 1 rings (SSSR count). The normalized spacial score (nSPS) is 11.3. The molecule has 0 unspecified atom stereocenters. The minimum atomic E-state index is -3.38. The largest absolute Gasteiger partial charge is 0.330 e. The second-order valence-electron chi connectivity index (χ2n) is 4.53. The van der Waals surface area contributed by atoms with Gasteiger partial charge in [0.2, 0.25) is 5.91 Å². The molecule has 0 fully saturated rings. The van der Waals surface area contributed by atoms with E-state index in [4.69, 9.17) is 5.73 Å². The molecule has 1 aromatic carbocycles. The lowest BCUT2D eigenvalue weighted by molar-refractivity contribution is -0.113. The number of sulfone groups is 1. The molecule has 0 saturated carbocycles. The zero-order chi connectivity index (χ0) is 14.5. The Kier molecular flexibility index (Phi) is 5.50. The zero-order valence-electron chi connectivity index (χ0n) is 11.3. The summed E-state index contributed by atoms with van der Waals surface area (Å²) in [6.45, 7) is 4.12. The van der Waals surface area contributed by atoms with Crippen molar-refractivity contribution in [2.45, 2.75) is 20.3 Å². The van der Waals surface area contributed by atoms with Crippen LogP contribution in [-0.2, 0) is 14.6 Å². The third-order valence-corrected chi connectivity index (χ3v) is 4.50. The van der Waals surface area contributed by atoms with Gasteiger partial charge in [0.1, 0.15) is 5.75 Å². The number of hydrogen-bond acceptors (Lipinski definition) is 4. The van der Waals surface area contributed by atoms with Crippen LogP contribution in [0.25, 0.3) is 0 Å². The van der Waals surface area contributed by atoms with Crippen molar-refractivity contribution in [1.29, 1.82) is 0 Å². The van der Waals surface area contributed by atoms with Crippen LogP contribution in [0.15, 0.2) is 18.2 Å². The van der Waals surface area contributed by atoms with Gasteiger partial charge in [0, 0.05) is 5.69 Å². The topological polar surface area (TPSA) is 89.3 Å². The first-order valence-corrected chi connectivity index (χ1v) is 7.94. The average Bonchev–Trinajstić information content (AvgIpc) is 2.32. The van der Waals surface area contributed by atoms with Gasteiger partial charge >= 0.3 is 0 Å². The SMILES string of the molecule is Cc1cccc(NC(=O)CS(=O)(=O)CCCN)c1C. The van der Waals surface area contributed by atoms with Gasteiger partial charge in [-0.15, -0.1) is 0 Å². The summed E-state index contributed by atoms with van der Waals surface area (Å²) in [6.07, 6.45) is 0.374. The summed E-state index contributed by atoms with van der Waals surface area (Å²) >= 11 is 0. The molecule has 0 bridgehead atoms. The first-order valence-electron chi connectivity index (χ1n) is 6.12. The molecule has 106 valence electrons. The summed E-state index contributed by atoms with van der Waals surface area (Å²) in [4.78, 5) is 11.7. The van der Waals surface area contributed by atoms with Crippen molar-refractivity contribution in [2.24, 2.45) is 5.73 Å². The van der Waals surface area contributed by atoms with Crippen molar-refractivity contribution in [1.82, 2.24) is 0 Å². The lowest BCUT2D eigenvalue weighted by Gasteiger charge is -2.10. The van der Waals surface area contributed by atoms with Gasteiger partial charge in [0.05, 0.1) is 5.75 Å². The molecule has 0 saturated heterocycles. The van der Waals surface area contributed by atoms with Crippen LogP contribution in [-0.4, -0.2) is 32.4 Å². The first-order chi connectivity index (χ1) is 8.85. The Labute approximate surface area is 114 Å². The molecule has 5 nitrogen and oxygen atoms in total. The van der Waals surface area contributed by atoms with Crippen LogP contribution < -0.4 is 11.1 Å². The van der Waals surface area contributed by atoms with Gasteiger partial charge in [-0.1, -0.05) is 12.1 Å². The van der Waals surface area contributed by atoms with Crippen molar-refractivity contribution in [3.05, 3.63) is 29.3 Å². The molecule has 0 aliphatic rings. The Balaban J connectivity index is 2.68. The fourth-order valence-corrected chi connectivity index (χ4v) is 2.87. The van der Waals surface area contributed by atoms with Crippen molar-refractivity contribution in [2.75, 3.05) is 23.4 Å². The lowest BCUT2D eigenvalue weighted by atomic mass is 10.1. The molecule has 6 heteroatoms. The van der Waals surface area contributed by atoms with E-state index in [1.807, 2.05) is 26.0 Å². The summed E-state index contributed by atoms with van der Waals surface area (Å²) in [6, 6.07) is 5.51. The lowest BCUT2D eigenvalue weighted by Crippen LogP contribution is -2.25. The maximum Gasteiger partial charge on any atom is 0.239 e. The second-order valence-corrected chi connectivity index (χ2v) is 6.71. The molecule has 3 N–H and O–H groups in total. The van der Waals surface area contributed by atoms with Crippen LogP contribution in [0.2, 0.25) is 0 Å². The molecule has 0 aliphatic heterocycles. The smallest absolute Gasteiger partial charge is 0.239 e. The highest BCUT2D eigenvalue weighted by Crippen LogP contribution is 2.17. The standard InChI is InChI=1S/C13H20N2O3S/c1-10-5-3-6-12(11(10)2)15-13(16)9-19(17,18)8-4-7-14/h3,5-6H,4,7-9,14H2,1-2H3,(H,15,16). The third-order valence-electron chi connectivity index (χ3n) is 2.89. The highest BCUT2D eigenvalue weighted by molar-refractivity contribution is 7.92. The molecular formula is C13H20N2O3S. The first kappa shape index (κ1) is 15.7. The van der Waals surface area contributed by atoms with Crippen molar-refractivity contribution < 1.29 is 13.2 Å². The minimum absolute atomic E-state index is 0.0519. The van der Waals surface area contributed by atoms with Crippen molar-refractivity contribution in [3.8, 4) is 0 Å². The molecule has 0 heterocycles. The molecule has 0 spiro atoms. The summed E-state index contributed by atoms with van der Waals surface area (Å²) < 4.78 is 23.3. The maximum atomic E-state index is 11.7. The molecule has 0 radical (unpaired) electrons. The number of rotatable bonds is 6. The molecule has 1 amide bonds. The van der Waals surface area contributed by atoms with E-state index in [0.717, 1.165) is 11.1 Å². The van der Waals surface area contributed by atoms with Gasteiger partial charge in [0.25, 0.3) is 0 Å². The number of anilines is 1. The zero-order valence-corrected chi connectivity index (χ0v) is 12.1. The van der Waals surface area contributed by atoms with E-state index >= 15 is 0 Å². The van der Waals surface area contributed by atoms with E-state index in [2.05, 4.69) is 5.32 Å². The number of amides is 1. The van der Waals surface area contributed by atoms with Crippen LogP contribution in [0.1, 0.15) is 17.5 Å². The number of nitrogens with one attached hydrogen (secondary N) is 1. The minimum Gasteiger partial charge on any atom is -0.330 e. The third kappa shape index (κ3) is 5.00. The van der Waals surface area contributed by atoms with E-state index in [1.165, 1.54) is 0 Å². The molecule has 0 aromatic heterocycles. The molecule has 0 aliphatic carbocycles. The van der Waals surface area contributed by atoms with Crippen LogP contribution in [0.5, 0.6) is 0 Å². The van der Waals surface area contributed by atoms with Crippen LogP contribution in [0, 0.1) is 13.8 Å². The van der Waals surface area contributed by atoms with E-state index < -0.39 is 21.5 Å². The Bertz CT molecular complexity index is 553. The van der Waals surface area contributed by atoms with Crippen molar-refractivity contribution in [3.63, 3.8) is 0 Å². The summed E-state index contributed by atoms with van der Waals surface area (Å²) in [5, 5.41) is 2.63. The summed E-state index contributed by atoms with van der Waals surface area (Å²) in [5.74, 6) is -1.06. The van der Waals surface area contributed by atoms with E-state index in [0.29, 0.717) is 18.7 Å². The van der Waals surface area contributed by atoms with Gasteiger partial charge in [-0.05, 0) is 44.0 Å². The highest BCUT2D eigenvalue weighted by Gasteiger charge is 2.16. The fourth-order valence-electron chi connectivity index (χ4n) is 1.65. The van der Waals surface area contributed by atoms with Gasteiger partial charge < -0.3 is 11.1 Å². The predicted molar refractivity (Wildman–Crippen MR) is 76.9 cm³/mol. The van der Waals surface area contributed by atoms with E-state index in [1.54, 1.807) is 6.07 Å². The number of carbonyl (C=O) groups is 1. The summed E-state index contributed by atoms with van der Waals surface area (Å²) in [7, 11) is -3.38. The summed E-state index contributed by atoms with van der Waals surface area (Å²) in [5.41, 5.74) is 7.90. The van der Waals surface area contributed by atoms with Gasteiger partial charge in [-0.3, -0.25) is 4.79 Å². The Morgan fingerprint density at radius 2 is 2.00 bits per heavy atom. The van der Waals surface area contributed by atoms with E-state index in [9.17, 15) is 13.2 Å². The Morgan fingerprint density at radius 1 is 1.32 bits per heavy atom. The molecule has 19 heavy (non-hydrogen) atoms. The van der Waals surface area contributed by atoms with Crippen LogP contribution in [0.3, 0.4) is 0 Å². The van der Waals surface area contributed by atoms with Gasteiger partial charge in [0.15, 0.2) is 9.84 Å². The number of aryl methyl sites for hydroxylation is 1. The number of carbonyl (C=O) groups excluding carboxylic acids is 1. The fraction of sp³-hybridized carbons (Fsp3) is 0.462. The van der Waals surface area contributed by atoms with Gasteiger partial charge in [-0.25, -0.2) is 8.42 Å². The van der Waals surface area contributed by atoms with Crippen LogP contribution >= 0.6 is 0 Å². The van der Waals surface area contributed by atoms with Crippen LogP contribution in [0.4, 0.5) is 5.69 Å². The second kappa shape index (κ2) is 6.68. The number of benzene rings is 1. The molecule has 1 aromatic rings. The Hall–Kier alpha value is -1.40. The predicted octanol–water partition coefficient (Wildman–Crippen LogP) is 1.01. The van der Waals surface area contributed by atoms with Gasteiger partial charge in [-0.2, -0.15) is 0 Å². The monoisotopic (exact) mass is 284 g/mol. The quantitative estimate of drug-likeness (QED) is 0.815. The number of hydrogen-bond donors (Lipinski definition) is 2. The Morgan fingerprint density at radius 3 is 2.63 bits per heavy atom. The molecule has 0 atom stereocenters. The van der Waals surface area contributed by atoms with Crippen molar-refractivity contribution >= 4 is 21.4 Å². The highest BCUT2D eigenvalue weighted by atomic mass is 32.2. The van der Waals surface area contributed by atoms with E-state index in [-0.39, 0.29) is 5.75 Å². The number of nitrogens with two attached hydrogens (primary N) is 1. The maximum absolute atomic E-state index is 11.7. The molecular weight excluding hydrogens is 264 g/mol.